The summed E-state index contributed by atoms with van der Waals surface area (Å²) in [5, 5.41) is 0.437. The molecule has 2 amide bonds. The summed E-state index contributed by atoms with van der Waals surface area (Å²) in [7, 11) is 1.65. The van der Waals surface area contributed by atoms with Crippen molar-refractivity contribution in [1.29, 1.82) is 0 Å². The molecular weight excluding hydrogens is 392 g/mol. The third kappa shape index (κ3) is 3.93. The minimum Gasteiger partial charge on any atom is -0.486 e. The first-order valence-electron chi connectivity index (χ1n) is 9.45. The molecule has 0 aromatic heterocycles. The van der Waals surface area contributed by atoms with Crippen molar-refractivity contribution < 1.29 is 19.1 Å². The third-order valence-corrected chi connectivity index (χ3v) is 5.38. The molecule has 2 aromatic rings. The maximum absolute atomic E-state index is 12.8. The van der Waals surface area contributed by atoms with Crippen LogP contribution in [0.4, 0.5) is 5.69 Å². The summed E-state index contributed by atoms with van der Waals surface area (Å²) in [4.78, 5) is 28.6. The molecule has 0 N–H and O–H groups in total. The number of carbonyl (C=O) groups excluding carboxylic acids is 2. The van der Waals surface area contributed by atoms with Gasteiger partial charge in [0.25, 0.3) is 0 Å². The molecule has 0 aliphatic carbocycles. The van der Waals surface area contributed by atoms with Crippen LogP contribution in [0, 0.1) is 0 Å². The molecule has 2 heterocycles. The van der Waals surface area contributed by atoms with Gasteiger partial charge in [-0.05, 0) is 42.3 Å². The number of nitrogens with zero attached hydrogens (tertiary/aromatic N) is 2. The SMILES string of the molecule is CN(C(=O)/C=C/c1cc(Cl)c2c(c1)OCCO2)C1CCN(c2ccccc2)C1=O. The number of likely N-dealkylation sites (N-methyl/N-ethyl adjacent to an activating group) is 1. The van der Waals surface area contributed by atoms with E-state index in [0.717, 1.165) is 11.3 Å². The zero-order valence-corrected chi connectivity index (χ0v) is 16.8. The molecule has 0 bridgehead atoms. The molecular formula is C22H21ClN2O4. The minimum atomic E-state index is -0.476. The Morgan fingerprint density at radius 1 is 1.21 bits per heavy atom. The van der Waals surface area contributed by atoms with E-state index in [4.69, 9.17) is 21.1 Å². The highest BCUT2D eigenvalue weighted by Crippen LogP contribution is 2.38. The Morgan fingerprint density at radius 3 is 2.76 bits per heavy atom. The van der Waals surface area contributed by atoms with Crippen LogP contribution in [0.5, 0.6) is 11.5 Å². The van der Waals surface area contributed by atoms with Gasteiger partial charge in [0.2, 0.25) is 11.8 Å². The van der Waals surface area contributed by atoms with E-state index in [1.54, 1.807) is 30.2 Å². The van der Waals surface area contributed by atoms with E-state index in [9.17, 15) is 9.59 Å². The van der Waals surface area contributed by atoms with E-state index in [0.29, 0.717) is 42.7 Å². The first kappa shape index (κ1) is 19.3. The van der Waals surface area contributed by atoms with Gasteiger partial charge in [0.1, 0.15) is 19.3 Å². The molecule has 1 atom stereocenters. The van der Waals surface area contributed by atoms with Crippen LogP contribution >= 0.6 is 11.6 Å². The van der Waals surface area contributed by atoms with Crippen molar-refractivity contribution in [3.63, 3.8) is 0 Å². The average Bonchev–Trinajstić information content (AvgIpc) is 3.13. The van der Waals surface area contributed by atoms with Crippen LogP contribution < -0.4 is 14.4 Å². The molecule has 6 nitrogen and oxygen atoms in total. The number of carbonyl (C=O) groups is 2. The van der Waals surface area contributed by atoms with Gasteiger partial charge in [-0.3, -0.25) is 9.59 Å². The number of hydrogen-bond acceptors (Lipinski definition) is 4. The molecule has 0 saturated carbocycles. The fourth-order valence-corrected chi connectivity index (χ4v) is 3.83. The van der Waals surface area contributed by atoms with Gasteiger partial charge in [-0.15, -0.1) is 0 Å². The van der Waals surface area contributed by atoms with Crippen molar-refractivity contribution in [2.24, 2.45) is 0 Å². The monoisotopic (exact) mass is 412 g/mol. The van der Waals surface area contributed by atoms with Crippen molar-refractivity contribution in [3.8, 4) is 11.5 Å². The molecule has 2 aromatic carbocycles. The molecule has 2 aliphatic heterocycles. The second kappa shape index (κ2) is 8.17. The number of anilines is 1. The van der Waals surface area contributed by atoms with E-state index in [-0.39, 0.29) is 11.8 Å². The molecule has 1 fully saturated rings. The summed E-state index contributed by atoms with van der Waals surface area (Å²) >= 11 is 6.24. The molecule has 2 aliphatic rings. The van der Waals surface area contributed by atoms with Gasteiger partial charge < -0.3 is 19.3 Å². The number of benzene rings is 2. The zero-order chi connectivity index (χ0) is 20.4. The van der Waals surface area contributed by atoms with Crippen LogP contribution in [0.1, 0.15) is 12.0 Å². The molecule has 0 spiro atoms. The average molecular weight is 413 g/mol. The van der Waals surface area contributed by atoms with Crippen LogP contribution in [0.2, 0.25) is 5.02 Å². The van der Waals surface area contributed by atoms with Crippen LogP contribution in [0.25, 0.3) is 6.08 Å². The molecule has 1 saturated heterocycles. The van der Waals surface area contributed by atoms with Gasteiger partial charge in [-0.2, -0.15) is 0 Å². The summed E-state index contributed by atoms with van der Waals surface area (Å²) < 4.78 is 11.1. The van der Waals surface area contributed by atoms with Gasteiger partial charge in [0.15, 0.2) is 11.5 Å². The Labute approximate surface area is 174 Å². The van der Waals surface area contributed by atoms with E-state index in [2.05, 4.69) is 0 Å². The van der Waals surface area contributed by atoms with Crippen molar-refractivity contribution in [3.05, 3.63) is 59.1 Å². The second-order valence-corrected chi connectivity index (χ2v) is 7.35. The number of para-hydroxylation sites is 1. The first-order valence-corrected chi connectivity index (χ1v) is 9.83. The largest absolute Gasteiger partial charge is 0.486 e. The van der Waals surface area contributed by atoms with Gasteiger partial charge in [0.05, 0.1) is 5.02 Å². The lowest BCUT2D eigenvalue weighted by atomic mass is 10.1. The normalized spacial score (nSPS) is 18.3. The molecule has 0 radical (unpaired) electrons. The fraction of sp³-hybridized carbons (Fsp3) is 0.273. The Bertz CT molecular complexity index is 961. The quantitative estimate of drug-likeness (QED) is 0.722. The summed E-state index contributed by atoms with van der Waals surface area (Å²) in [6, 6.07) is 12.5. The smallest absolute Gasteiger partial charge is 0.249 e. The van der Waals surface area contributed by atoms with E-state index in [1.807, 2.05) is 30.3 Å². The van der Waals surface area contributed by atoms with Crippen LogP contribution in [0.3, 0.4) is 0 Å². The van der Waals surface area contributed by atoms with Crippen molar-refractivity contribution in [2.45, 2.75) is 12.5 Å². The van der Waals surface area contributed by atoms with Crippen molar-refractivity contribution in [2.75, 3.05) is 31.7 Å². The van der Waals surface area contributed by atoms with Crippen LogP contribution in [-0.4, -0.2) is 49.6 Å². The number of hydrogen-bond donors (Lipinski definition) is 0. The Balaban J connectivity index is 1.45. The lowest BCUT2D eigenvalue weighted by Crippen LogP contribution is -2.42. The van der Waals surface area contributed by atoms with Gasteiger partial charge in [-0.25, -0.2) is 0 Å². The highest BCUT2D eigenvalue weighted by atomic mass is 35.5. The zero-order valence-electron chi connectivity index (χ0n) is 16.0. The lowest BCUT2D eigenvalue weighted by Gasteiger charge is -2.23. The van der Waals surface area contributed by atoms with Gasteiger partial charge in [-0.1, -0.05) is 29.8 Å². The Kier molecular flexibility index (Phi) is 5.45. The standard InChI is InChI=1S/C22H21ClN2O4/c1-24(18-9-10-25(22(18)27)16-5-3-2-4-6-16)20(26)8-7-15-13-17(23)21-19(14-15)28-11-12-29-21/h2-8,13-14,18H,9-12H2,1H3/b8-7+. The summed E-state index contributed by atoms with van der Waals surface area (Å²) in [6.07, 6.45) is 3.71. The first-order chi connectivity index (χ1) is 14.0. The van der Waals surface area contributed by atoms with Gasteiger partial charge in [0, 0.05) is 25.4 Å². The molecule has 29 heavy (non-hydrogen) atoms. The van der Waals surface area contributed by atoms with E-state index < -0.39 is 6.04 Å². The third-order valence-electron chi connectivity index (χ3n) is 5.10. The number of fused-ring (bicyclic) bond motifs is 1. The topological polar surface area (TPSA) is 59.1 Å². The minimum absolute atomic E-state index is 0.0668. The molecule has 4 rings (SSSR count). The highest BCUT2D eigenvalue weighted by Gasteiger charge is 2.36. The summed E-state index contributed by atoms with van der Waals surface area (Å²) in [5.74, 6) is 0.775. The van der Waals surface area contributed by atoms with Crippen LogP contribution in [0.15, 0.2) is 48.5 Å². The number of rotatable bonds is 4. The number of amides is 2. The van der Waals surface area contributed by atoms with Gasteiger partial charge >= 0.3 is 0 Å². The highest BCUT2D eigenvalue weighted by molar-refractivity contribution is 6.32. The van der Waals surface area contributed by atoms with Crippen molar-refractivity contribution in [1.82, 2.24) is 4.90 Å². The molecule has 150 valence electrons. The Hall–Kier alpha value is -2.99. The van der Waals surface area contributed by atoms with E-state index in [1.165, 1.54) is 11.0 Å². The second-order valence-electron chi connectivity index (χ2n) is 6.94. The van der Waals surface area contributed by atoms with Crippen LogP contribution in [-0.2, 0) is 9.59 Å². The maximum Gasteiger partial charge on any atom is 0.249 e. The number of halogens is 1. The van der Waals surface area contributed by atoms with E-state index >= 15 is 0 Å². The predicted molar refractivity (Wildman–Crippen MR) is 111 cm³/mol. The maximum atomic E-state index is 12.8. The molecule has 1 unspecified atom stereocenters. The molecule has 7 heteroatoms. The van der Waals surface area contributed by atoms with Crippen molar-refractivity contribution >= 4 is 35.2 Å². The number of ether oxygens (including phenoxy) is 2. The predicted octanol–water partition coefficient (Wildman–Crippen LogP) is 3.39. The fourth-order valence-electron chi connectivity index (χ4n) is 3.55. The summed E-state index contributed by atoms with van der Waals surface area (Å²) in [5.41, 5.74) is 1.58. The Morgan fingerprint density at radius 2 is 1.97 bits per heavy atom. The lowest BCUT2D eigenvalue weighted by molar-refractivity contribution is -0.132. The summed E-state index contributed by atoms with van der Waals surface area (Å²) in [6.45, 7) is 1.51.